The highest BCUT2D eigenvalue weighted by atomic mass is 32.1. The van der Waals surface area contributed by atoms with Crippen molar-refractivity contribution >= 4 is 23.2 Å². The van der Waals surface area contributed by atoms with Crippen LogP contribution in [0.3, 0.4) is 0 Å². The lowest BCUT2D eigenvalue weighted by Gasteiger charge is -2.07. The summed E-state index contributed by atoms with van der Waals surface area (Å²) in [5, 5.41) is 14.1. The molecule has 1 atom stereocenters. The molecule has 1 aromatic heterocycles. The van der Waals surface area contributed by atoms with Gasteiger partial charge in [-0.2, -0.15) is 0 Å². The smallest absolute Gasteiger partial charge is 0.308 e. The van der Waals surface area contributed by atoms with Crippen LogP contribution in [-0.2, 0) is 16.0 Å². The van der Waals surface area contributed by atoms with Crippen molar-refractivity contribution in [2.24, 2.45) is 5.92 Å². The van der Waals surface area contributed by atoms with Crippen molar-refractivity contribution in [1.29, 1.82) is 0 Å². The number of amides is 1. The Morgan fingerprint density at radius 1 is 1.33 bits per heavy atom. The van der Waals surface area contributed by atoms with Crippen molar-refractivity contribution in [1.82, 2.24) is 10.3 Å². The number of nitrogens with zero attached hydrogens (tertiary/aromatic N) is 1. The van der Waals surface area contributed by atoms with Gasteiger partial charge in [-0.3, -0.25) is 9.59 Å². The summed E-state index contributed by atoms with van der Waals surface area (Å²) in [4.78, 5) is 27.0. The fourth-order valence-electron chi connectivity index (χ4n) is 1.96. The zero-order valence-electron chi connectivity index (χ0n) is 13.6. The quantitative estimate of drug-likeness (QED) is 0.765. The van der Waals surface area contributed by atoms with E-state index < -0.39 is 11.9 Å². The fourth-order valence-corrected chi connectivity index (χ4v) is 2.79. The maximum Gasteiger partial charge on any atom is 0.308 e. The molecule has 0 aliphatic heterocycles. The molecular weight excluding hydrogens is 328 g/mol. The monoisotopic (exact) mass is 348 g/mol. The normalized spacial score (nSPS) is 11.8. The average Bonchev–Trinajstić information content (AvgIpc) is 3.02. The molecule has 1 heterocycles. The van der Waals surface area contributed by atoms with Gasteiger partial charge in [-0.1, -0.05) is 6.92 Å². The second-order valence-corrected chi connectivity index (χ2v) is 6.18. The number of carbonyl (C=O) groups excluding carboxylic acids is 1. The minimum Gasteiger partial charge on any atom is -0.494 e. The fraction of sp³-hybridized carbons (Fsp3) is 0.353. The van der Waals surface area contributed by atoms with Gasteiger partial charge in [0, 0.05) is 17.5 Å². The molecule has 1 aromatic carbocycles. The number of ether oxygens (including phenoxy) is 1. The van der Waals surface area contributed by atoms with E-state index in [1.165, 1.54) is 11.3 Å². The van der Waals surface area contributed by atoms with Crippen LogP contribution in [0.1, 0.15) is 19.5 Å². The third kappa shape index (κ3) is 5.06. The number of hydrogen-bond acceptors (Lipinski definition) is 5. The zero-order chi connectivity index (χ0) is 17.5. The number of nitrogens with one attached hydrogen (secondary N) is 1. The number of carbonyl (C=O) groups is 2. The number of aliphatic carboxylic acids is 1. The van der Waals surface area contributed by atoms with Gasteiger partial charge < -0.3 is 15.2 Å². The van der Waals surface area contributed by atoms with Gasteiger partial charge in [0.1, 0.15) is 10.8 Å². The van der Waals surface area contributed by atoms with Crippen molar-refractivity contribution in [3.05, 3.63) is 35.3 Å². The molecule has 2 aromatic rings. The Hall–Kier alpha value is -2.41. The summed E-state index contributed by atoms with van der Waals surface area (Å²) >= 11 is 1.47. The second kappa shape index (κ2) is 8.44. The molecule has 2 rings (SSSR count). The van der Waals surface area contributed by atoms with E-state index in [1.807, 2.05) is 36.6 Å². The molecule has 0 aliphatic rings. The lowest BCUT2D eigenvalue weighted by atomic mass is 10.2. The van der Waals surface area contributed by atoms with Gasteiger partial charge in [-0.25, -0.2) is 4.98 Å². The first kappa shape index (κ1) is 17.9. The third-order valence-corrected chi connectivity index (χ3v) is 4.27. The minimum absolute atomic E-state index is 0.115. The van der Waals surface area contributed by atoms with E-state index in [0.717, 1.165) is 16.3 Å². The second-order valence-electron chi connectivity index (χ2n) is 5.32. The largest absolute Gasteiger partial charge is 0.494 e. The molecule has 0 bridgehead atoms. The standard InChI is InChI=1S/C17H20N2O4S/c1-3-23-14-6-4-12(5-7-14)16-19-13(10-24-16)8-15(20)18-9-11(2)17(21)22/h4-7,10-11H,3,8-9H2,1-2H3,(H,18,20)(H,21,22). The number of carboxylic acid groups (broad SMARTS) is 1. The molecule has 0 saturated heterocycles. The molecule has 128 valence electrons. The number of aromatic nitrogens is 1. The highest BCUT2D eigenvalue weighted by Gasteiger charge is 2.13. The molecule has 6 nitrogen and oxygen atoms in total. The van der Waals surface area contributed by atoms with Crippen LogP contribution < -0.4 is 10.1 Å². The first-order valence-corrected chi connectivity index (χ1v) is 8.54. The van der Waals surface area contributed by atoms with Gasteiger partial charge in [0.15, 0.2) is 0 Å². The summed E-state index contributed by atoms with van der Waals surface area (Å²) in [6, 6.07) is 7.64. The molecule has 7 heteroatoms. The minimum atomic E-state index is -0.929. The van der Waals surface area contributed by atoms with E-state index in [-0.39, 0.29) is 18.9 Å². The van der Waals surface area contributed by atoms with Crippen LogP contribution in [0.4, 0.5) is 0 Å². The van der Waals surface area contributed by atoms with Crippen molar-refractivity contribution in [2.75, 3.05) is 13.2 Å². The molecule has 0 spiro atoms. The molecule has 0 aliphatic carbocycles. The van der Waals surface area contributed by atoms with Gasteiger partial charge in [-0.05, 0) is 31.2 Å². The summed E-state index contributed by atoms with van der Waals surface area (Å²) < 4.78 is 5.41. The van der Waals surface area contributed by atoms with E-state index in [0.29, 0.717) is 12.3 Å². The molecule has 0 saturated carbocycles. The number of benzene rings is 1. The first-order valence-electron chi connectivity index (χ1n) is 7.66. The molecule has 1 unspecified atom stereocenters. The number of rotatable bonds is 8. The summed E-state index contributed by atoms with van der Waals surface area (Å²) in [6.07, 6.45) is 0.139. The van der Waals surface area contributed by atoms with Gasteiger partial charge in [0.05, 0.1) is 24.6 Å². The van der Waals surface area contributed by atoms with Crippen LogP contribution in [0.5, 0.6) is 5.75 Å². The van der Waals surface area contributed by atoms with E-state index in [1.54, 1.807) is 6.92 Å². The zero-order valence-corrected chi connectivity index (χ0v) is 14.4. The van der Waals surface area contributed by atoms with Crippen molar-refractivity contribution in [3.8, 4) is 16.3 Å². The summed E-state index contributed by atoms with van der Waals surface area (Å²) in [5.74, 6) is -0.956. The lowest BCUT2D eigenvalue weighted by molar-refractivity contribution is -0.141. The molecule has 0 fully saturated rings. The van der Waals surface area contributed by atoms with Crippen molar-refractivity contribution < 1.29 is 19.4 Å². The van der Waals surface area contributed by atoms with Gasteiger partial charge in [0.2, 0.25) is 5.91 Å². The SMILES string of the molecule is CCOc1ccc(-c2nc(CC(=O)NCC(C)C(=O)O)cs2)cc1. The molecular formula is C17H20N2O4S. The van der Waals surface area contributed by atoms with Crippen LogP contribution >= 0.6 is 11.3 Å². The molecule has 2 N–H and O–H groups in total. The Balaban J connectivity index is 1.92. The number of hydrogen-bond donors (Lipinski definition) is 2. The molecule has 1 amide bonds. The Bertz CT molecular complexity index is 697. The van der Waals surface area contributed by atoms with Gasteiger partial charge >= 0.3 is 5.97 Å². The Kier molecular flexibility index (Phi) is 6.31. The van der Waals surface area contributed by atoms with E-state index >= 15 is 0 Å². The van der Waals surface area contributed by atoms with Crippen LogP contribution in [0.25, 0.3) is 10.6 Å². The van der Waals surface area contributed by atoms with Crippen LogP contribution in [0.15, 0.2) is 29.6 Å². The summed E-state index contributed by atoms with van der Waals surface area (Å²) in [7, 11) is 0. The summed E-state index contributed by atoms with van der Waals surface area (Å²) in [6.45, 7) is 4.22. The molecule has 0 radical (unpaired) electrons. The van der Waals surface area contributed by atoms with Crippen LogP contribution in [0, 0.1) is 5.92 Å². The van der Waals surface area contributed by atoms with Gasteiger partial charge in [0.25, 0.3) is 0 Å². The van der Waals surface area contributed by atoms with Crippen LogP contribution in [-0.4, -0.2) is 35.1 Å². The van der Waals surface area contributed by atoms with E-state index in [4.69, 9.17) is 9.84 Å². The summed E-state index contributed by atoms with van der Waals surface area (Å²) in [5.41, 5.74) is 1.64. The maximum absolute atomic E-state index is 11.8. The van der Waals surface area contributed by atoms with Crippen molar-refractivity contribution in [2.45, 2.75) is 20.3 Å². The molecule has 24 heavy (non-hydrogen) atoms. The third-order valence-electron chi connectivity index (χ3n) is 3.33. The number of thiazole rings is 1. The van der Waals surface area contributed by atoms with E-state index in [9.17, 15) is 9.59 Å². The maximum atomic E-state index is 11.8. The first-order chi connectivity index (χ1) is 11.5. The average molecular weight is 348 g/mol. The Labute approximate surface area is 144 Å². The highest BCUT2D eigenvalue weighted by molar-refractivity contribution is 7.13. The van der Waals surface area contributed by atoms with E-state index in [2.05, 4.69) is 10.3 Å². The number of carboxylic acids is 1. The Morgan fingerprint density at radius 3 is 2.67 bits per heavy atom. The topological polar surface area (TPSA) is 88.5 Å². The lowest BCUT2D eigenvalue weighted by Crippen LogP contribution is -2.32. The predicted octanol–water partition coefficient (Wildman–Crippen LogP) is 2.59. The highest BCUT2D eigenvalue weighted by Crippen LogP contribution is 2.25. The predicted molar refractivity (Wildman–Crippen MR) is 92.2 cm³/mol. The van der Waals surface area contributed by atoms with Crippen molar-refractivity contribution in [3.63, 3.8) is 0 Å². The van der Waals surface area contributed by atoms with Gasteiger partial charge in [-0.15, -0.1) is 11.3 Å². The Morgan fingerprint density at radius 2 is 2.04 bits per heavy atom. The van der Waals surface area contributed by atoms with Crippen LogP contribution in [0.2, 0.25) is 0 Å².